The van der Waals surface area contributed by atoms with Crippen LogP contribution in [0.1, 0.15) is 26.7 Å². The SMILES string of the molecule is CCNCC(C)CN(CCOC)C1CC1. The summed E-state index contributed by atoms with van der Waals surface area (Å²) in [4.78, 5) is 2.59. The molecule has 0 aromatic rings. The van der Waals surface area contributed by atoms with Gasteiger partial charge in [-0.3, -0.25) is 4.90 Å². The first-order valence-electron chi connectivity index (χ1n) is 6.21. The molecule has 0 saturated heterocycles. The van der Waals surface area contributed by atoms with Crippen molar-refractivity contribution in [2.45, 2.75) is 32.7 Å². The smallest absolute Gasteiger partial charge is 0.0589 e. The van der Waals surface area contributed by atoms with E-state index >= 15 is 0 Å². The zero-order chi connectivity index (χ0) is 11.1. The molecule has 1 atom stereocenters. The third kappa shape index (κ3) is 5.50. The molecule has 0 amide bonds. The zero-order valence-corrected chi connectivity index (χ0v) is 10.5. The summed E-state index contributed by atoms with van der Waals surface area (Å²) in [6.07, 6.45) is 2.77. The fraction of sp³-hybridized carbons (Fsp3) is 1.00. The summed E-state index contributed by atoms with van der Waals surface area (Å²) in [6, 6.07) is 0.851. The second-order valence-corrected chi connectivity index (χ2v) is 4.63. The van der Waals surface area contributed by atoms with E-state index in [0.717, 1.165) is 38.2 Å². The lowest BCUT2D eigenvalue weighted by atomic mass is 10.1. The fourth-order valence-corrected chi connectivity index (χ4v) is 1.93. The Kier molecular flexibility index (Phi) is 6.22. The molecule has 1 N–H and O–H groups in total. The van der Waals surface area contributed by atoms with Gasteiger partial charge in [-0.25, -0.2) is 0 Å². The highest BCUT2D eigenvalue weighted by atomic mass is 16.5. The molecular formula is C12H26N2O. The predicted octanol–water partition coefficient (Wildman–Crippen LogP) is 1.34. The van der Waals surface area contributed by atoms with Gasteiger partial charge >= 0.3 is 0 Å². The number of rotatable bonds is 9. The van der Waals surface area contributed by atoms with Gasteiger partial charge in [-0.15, -0.1) is 0 Å². The number of nitrogens with zero attached hydrogens (tertiary/aromatic N) is 1. The van der Waals surface area contributed by atoms with Crippen LogP contribution in [-0.2, 0) is 4.74 Å². The number of hydrogen-bond acceptors (Lipinski definition) is 3. The second kappa shape index (κ2) is 7.20. The Balaban J connectivity index is 2.17. The summed E-state index contributed by atoms with van der Waals surface area (Å²) in [7, 11) is 1.78. The van der Waals surface area contributed by atoms with Gasteiger partial charge in [0, 0.05) is 26.2 Å². The highest BCUT2D eigenvalue weighted by Gasteiger charge is 2.29. The lowest BCUT2D eigenvalue weighted by Crippen LogP contribution is -2.36. The summed E-state index contributed by atoms with van der Waals surface area (Å²) in [6.45, 7) is 9.86. The molecule has 1 rings (SSSR count). The molecule has 0 spiro atoms. The van der Waals surface area contributed by atoms with Crippen LogP contribution in [0.4, 0.5) is 0 Å². The van der Waals surface area contributed by atoms with Gasteiger partial charge in [0.25, 0.3) is 0 Å². The molecule has 1 aliphatic carbocycles. The van der Waals surface area contributed by atoms with Crippen LogP contribution in [0.15, 0.2) is 0 Å². The first-order chi connectivity index (χ1) is 7.27. The van der Waals surface area contributed by atoms with Gasteiger partial charge in [-0.1, -0.05) is 13.8 Å². The zero-order valence-electron chi connectivity index (χ0n) is 10.5. The van der Waals surface area contributed by atoms with Crippen LogP contribution in [0.25, 0.3) is 0 Å². The molecule has 0 bridgehead atoms. The van der Waals surface area contributed by atoms with Crippen molar-refractivity contribution in [1.82, 2.24) is 10.2 Å². The van der Waals surface area contributed by atoms with Crippen molar-refractivity contribution in [3.8, 4) is 0 Å². The van der Waals surface area contributed by atoms with E-state index in [1.54, 1.807) is 7.11 Å². The summed E-state index contributed by atoms with van der Waals surface area (Å²) in [5.41, 5.74) is 0. The van der Waals surface area contributed by atoms with Crippen molar-refractivity contribution in [1.29, 1.82) is 0 Å². The lowest BCUT2D eigenvalue weighted by Gasteiger charge is -2.25. The molecule has 90 valence electrons. The van der Waals surface area contributed by atoms with Crippen LogP contribution >= 0.6 is 0 Å². The van der Waals surface area contributed by atoms with E-state index in [-0.39, 0.29) is 0 Å². The van der Waals surface area contributed by atoms with Crippen molar-refractivity contribution in [3.05, 3.63) is 0 Å². The quantitative estimate of drug-likeness (QED) is 0.627. The summed E-state index contributed by atoms with van der Waals surface area (Å²) in [5.74, 6) is 0.738. The van der Waals surface area contributed by atoms with Gasteiger partial charge in [0.15, 0.2) is 0 Å². The summed E-state index contributed by atoms with van der Waals surface area (Å²) < 4.78 is 5.16. The number of hydrogen-bond donors (Lipinski definition) is 1. The Morgan fingerprint density at radius 2 is 2.20 bits per heavy atom. The first-order valence-corrected chi connectivity index (χ1v) is 6.21. The maximum atomic E-state index is 5.16. The van der Waals surface area contributed by atoms with Gasteiger partial charge in [0.1, 0.15) is 0 Å². The number of nitrogens with one attached hydrogen (secondary N) is 1. The van der Waals surface area contributed by atoms with E-state index in [9.17, 15) is 0 Å². The van der Waals surface area contributed by atoms with E-state index in [1.807, 2.05) is 0 Å². The van der Waals surface area contributed by atoms with Crippen molar-refractivity contribution in [3.63, 3.8) is 0 Å². The maximum Gasteiger partial charge on any atom is 0.0589 e. The molecule has 0 aliphatic heterocycles. The van der Waals surface area contributed by atoms with E-state index in [4.69, 9.17) is 4.74 Å². The van der Waals surface area contributed by atoms with Crippen molar-refractivity contribution >= 4 is 0 Å². The molecule has 0 aromatic heterocycles. The van der Waals surface area contributed by atoms with E-state index in [2.05, 4.69) is 24.1 Å². The molecule has 1 aliphatic rings. The normalized spacial score (nSPS) is 18.4. The van der Waals surface area contributed by atoms with Crippen LogP contribution < -0.4 is 5.32 Å². The standard InChI is InChI=1S/C12H26N2O/c1-4-13-9-11(2)10-14(7-8-15-3)12-5-6-12/h11-13H,4-10H2,1-3H3. The van der Waals surface area contributed by atoms with Gasteiger partial charge in [-0.05, 0) is 31.8 Å². The highest BCUT2D eigenvalue weighted by molar-refractivity contribution is 4.85. The minimum atomic E-state index is 0.738. The molecule has 3 nitrogen and oxygen atoms in total. The fourth-order valence-electron chi connectivity index (χ4n) is 1.93. The minimum Gasteiger partial charge on any atom is -0.383 e. The topological polar surface area (TPSA) is 24.5 Å². The Labute approximate surface area is 94.2 Å². The molecule has 1 saturated carbocycles. The molecule has 0 radical (unpaired) electrons. The Hall–Kier alpha value is -0.120. The van der Waals surface area contributed by atoms with Crippen molar-refractivity contribution in [2.24, 2.45) is 5.92 Å². The van der Waals surface area contributed by atoms with Crippen LogP contribution in [0.5, 0.6) is 0 Å². The van der Waals surface area contributed by atoms with Gasteiger partial charge in [0.05, 0.1) is 6.61 Å². The first kappa shape index (κ1) is 12.9. The van der Waals surface area contributed by atoms with Crippen LogP contribution in [0.2, 0.25) is 0 Å². The van der Waals surface area contributed by atoms with Crippen molar-refractivity contribution in [2.75, 3.05) is 39.9 Å². The monoisotopic (exact) mass is 214 g/mol. The summed E-state index contributed by atoms with van der Waals surface area (Å²) >= 11 is 0. The number of ether oxygens (including phenoxy) is 1. The average Bonchev–Trinajstić information content (AvgIpc) is 3.04. The highest BCUT2D eigenvalue weighted by Crippen LogP contribution is 2.27. The van der Waals surface area contributed by atoms with Crippen LogP contribution in [0, 0.1) is 5.92 Å². The van der Waals surface area contributed by atoms with Crippen molar-refractivity contribution < 1.29 is 4.74 Å². The van der Waals surface area contributed by atoms with Crippen LogP contribution in [-0.4, -0.2) is 50.8 Å². The van der Waals surface area contributed by atoms with Gasteiger partial charge in [-0.2, -0.15) is 0 Å². The maximum absolute atomic E-state index is 5.16. The number of methoxy groups -OCH3 is 1. The predicted molar refractivity (Wildman–Crippen MR) is 64.2 cm³/mol. The Bertz CT molecular complexity index is 160. The molecule has 1 fully saturated rings. The lowest BCUT2D eigenvalue weighted by molar-refractivity contribution is 0.133. The van der Waals surface area contributed by atoms with Crippen LogP contribution in [0.3, 0.4) is 0 Å². The third-order valence-corrected chi connectivity index (χ3v) is 2.93. The van der Waals surface area contributed by atoms with E-state index < -0.39 is 0 Å². The second-order valence-electron chi connectivity index (χ2n) is 4.63. The van der Waals surface area contributed by atoms with Gasteiger partial charge in [0.2, 0.25) is 0 Å². The van der Waals surface area contributed by atoms with E-state index in [1.165, 1.54) is 19.4 Å². The molecule has 0 heterocycles. The molecule has 1 unspecified atom stereocenters. The largest absolute Gasteiger partial charge is 0.383 e. The molecule has 3 heteroatoms. The molecule has 15 heavy (non-hydrogen) atoms. The molecule has 0 aromatic carbocycles. The Morgan fingerprint density at radius 3 is 2.73 bits per heavy atom. The molecular weight excluding hydrogens is 188 g/mol. The average molecular weight is 214 g/mol. The van der Waals surface area contributed by atoms with E-state index in [0.29, 0.717) is 0 Å². The van der Waals surface area contributed by atoms with Gasteiger partial charge < -0.3 is 10.1 Å². The summed E-state index contributed by atoms with van der Waals surface area (Å²) in [5, 5.41) is 3.41. The minimum absolute atomic E-state index is 0.738. The third-order valence-electron chi connectivity index (χ3n) is 2.93. The Morgan fingerprint density at radius 1 is 1.47 bits per heavy atom.